The summed E-state index contributed by atoms with van der Waals surface area (Å²) in [7, 11) is 0. The van der Waals surface area contributed by atoms with Crippen LogP contribution in [-0.2, 0) is 0 Å². The molecule has 0 spiro atoms. The Morgan fingerprint density at radius 1 is 1.55 bits per heavy atom. The molecule has 2 fully saturated rings. The van der Waals surface area contributed by atoms with Gasteiger partial charge in [0.15, 0.2) is 0 Å². The predicted octanol–water partition coefficient (Wildman–Crippen LogP) is 1.62. The molecule has 11 heavy (non-hydrogen) atoms. The maximum Gasteiger partial charge on any atom is 0.0646 e. The Labute approximate surface area is 66.5 Å². The summed E-state index contributed by atoms with van der Waals surface area (Å²) < 4.78 is 0. The molecule has 4 atom stereocenters. The SMILES string of the molecule is CC1C=C2C3CC1CC3N2O. The summed E-state index contributed by atoms with van der Waals surface area (Å²) in [5.41, 5.74) is 1.20. The average Bonchev–Trinajstić information content (AvgIpc) is 2.29. The van der Waals surface area contributed by atoms with E-state index in [0.717, 1.165) is 11.8 Å². The highest BCUT2D eigenvalue weighted by atomic mass is 16.5. The first-order valence-corrected chi connectivity index (χ1v) is 4.47. The molecule has 1 saturated heterocycles. The topological polar surface area (TPSA) is 23.5 Å². The van der Waals surface area contributed by atoms with E-state index >= 15 is 0 Å². The Bertz CT molecular complexity index is 236. The molecule has 0 amide bonds. The Kier molecular flexibility index (Phi) is 0.900. The molecule has 2 bridgehead atoms. The molecule has 3 aliphatic rings. The highest BCUT2D eigenvalue weighted by Gasteiger charge is 2.53. The second-order valence-electron chi connectivity index (χ2n) is 4.20. The van der Waals surface area contributed by atoms with Crippen molar-refractivity contribution >= 4 is 0 Å². The van der Waals surface area contributed by atoms with Crippen molar-refractivity contribution < 1.29 is 5.21 Å². The number of hydroxylamine groups is 2. The quantitative estimate of drug-likeness (QED) is 0.568. The Balaban J connectivity index is 2.05. The van der Waals surface area contributed by atoms with Crippen molar-refractivity contribution in [2.24, 2.45) is 17.8 Å². The summed E-state index contributed by atoms with van der Waals surface area (Å²) in [5, 5.41) is 11.0. The van der Waals surface area contributed by atoms with E-state index in [1.807, 2.05) is 0 Å². The first-order valence-electron chi connectivity index (χ1n) is 4.47. The van der Waals surface area contributed by atoms with E-state index in [1.165, 1.54) is 23.6 Å². The van der Waals surface area contributed by atoms with Gasteiger partial charge in [0.25, 0.3) is 0 Å². The third-order valence-corrected chi connectivity index (χ3v) is 3.70. The normalized spacial score (nSPS) is 52.2. The summed E-state index contributed by atoms with van der Waals surface area (Å²) in [6.45, 7) is 2.27. The lowest BCUT2D eigenvalue weighted by Crippen LogP contribution is -2.48. The zero-order chi connectivity index (χ0) is 7.59. The molecule has 0 aromatic carbocycles. The summed E-state index contributed by atoms with van der Waals surface area (Å²) in [6, 6.07) is 0.483. The zero-order valence-electron chi connectivity index (χ0n) is 6.70. The molecule has 60 valence electrons. The molecule has 0 aromatic rings. The third kappa shape index (κ3) is 0.539. The van der Waals surface area contributed by atoms with Gasteiger partial charge in [-0.1, -0.05) is 13.0 Å². The third-order valence-electron chi connectivity index (χ3n) is 3.70. The standard InChI is InChI=1S/C9H13NO/c1-5-2-8-7-3-6(5)4-9(7)10(8)11/h2,5-7,9,11H,3-4H2,1H3. The number of rotatable bonds is 0. The average molecular weight is 151 g/mol. The van der Waals surface area contributed by atoms with E-state index in [1.54, 1.807) is 0 Å². The zero-order valence-corrected chi connectivity index (χ0v) is 6.70. The maximum absolute atomic E-state index is 9.49. The second-order valence-corrected chi connectivity index (χ2v) is 4.20. The number of hydrogen-bond donors (Lipinski definition) is 1. The lowest BCUT2D eigenvalue weighted by molar-refractivity contribution is -0.160. The molecule has 4 unspecified atom stereocenters. The van der Waals surface area contributed by atoms with Crippen LogP contribution in [0.3, 0.4) is 0 Å². The van der Waals surface area contributed by atoms with Crippen LogP contribution in [0.2, 0.25) is 0 Å². The minimum Gasteiger partial charge on any atom is -0.288 e. The second kappa shape index (κ2) is 1.63. The molecule has 1 aliphatic heterocycles. The number of nitrogens with zero attached hydrogens (tertiary/aromatic N) is 1. The van der Waals surface area contributed by atoms with Crippen molar-refractivity contribution in [3.05, 3.63) is 11.8 Å². The van der Waals surface area contributed by atoms with Crippen molar-refractivity contribution in [2.45, 2.75) is 25.8 Å². The smallest absolute Gasteiger partial charge is 0.0646 e. The molecule has 2 heteroatoms. The van der Waals surface area contributed by atoms with Gasteiger partial charge in [-0.05, 0) is 24.7 Å². The van der Waals surface area contributed by atoms with Crippen molar-refractivity contribution in [3.63, 3.8) is 0 Å². The predicted molar refractivity (Wildman–Crippen MR) is 40.9 cm³/mol. The number of hydrogen-bond acceptors (Lipinski definition) is 2. The highest BCUT2D eigenvalue weighted by molar-refractivity contribution is 5.26. The molecule has 2 aliphatic carbocycles. The van der Waals surface area contributed by atoms with Crippen molar-refractivity contribution in [3.8, 4) is 0 Å². The Morgan fingerprint density at radius 3 is 3.18 bits per heavy atom. The van der Waals surface area contributed by atoms with Gasteiger partial charge in [-0.15, -0.1) is 0 Å². The van der Waals surface area contributed by atoms with Gasteiger partial charge < -0.3 is 0 Å². The first kappa shape index (κ1) is 6.06. The molecule has 0 radical (unpaired) electrons. The molecular weight excluding hydrogens is 138 g/mol. The molecule has 1 N–H and O–H groups in total. The summed E-state index contributed by atoms with van der Waals surface area (Å²) in [6.07, 6.45) is 4.79. The van der Waals surface area contributed by atoms with Crippen LogP contribution in [0.4, 0.5) is 0 Å². The summed E-state index contributed by atoms with van der Waals surface area (Å²) >= 11 is 0. The van der Waals surface area contributed by atoms with E-state index in [4.69, 9.17) is 0 Å². The van der Waals surface area contributed by atoms with Gasteiger partial charge in [0, 0.05) is 11.6 Å². The van der Waals surface area contributed by atoms with Gasteiger partial charge in [-0.25, -0.2) is 0 Å². The van der Waals surface area contributed by atoms with Crippen LogP contribution in [0.1, 0.15) is 19.8 Å². The van der Waals surface area contributed by atoms with Crippen LogP contribution in [0.25, 0.3) is 0 Å². The monoisotopic (exact) mass is 151 g/mol. The molecule has 3 rings (SSSR count). The van der Waals surface area contributed by atoms with E-state index < -0.39 is 0 Å². The van der Waals surface area contributed by atoms with Crippen molar-refractivity contribution in [1.29, 1.82) is 0 Å². The van der Waals surface area contributed by atoms with Crippen molar-refractivity contribution in [1.82, 2.24) is 5.06 Å². The van der Waals surface area contributed by atoms with Gasteiger partial charge in [0.1, 0.15) is 0 Å². The van der Waals surface area contributed by atoms with E-state index in [-0.39, 0.29) is 0 Å². The Morgan fingerprint density at radius 2 is 2.36 bits per heavy atom. The van der Waals surface area contributed by atoms with Crippen LogP contribution >= 0.6 is 0 Å². The van der Waals surface area contributed by atoms with Crippen LogP contribution < -0.4 is 0 Å². The largest absolute Gasteiger partial charge is 0.288 e. The fraction of sp³-hybridized carbons (Fsp3) is 0.778. The molecule has 0 aromatic heterocycles. The van der Waals surface area contributed by atoms with E-state index in [0.29, 0.717) is 12.0 Å². The fourth-order valence-corrected chi connectivity index (χ4v) is 2.96. The van der Waals surface area contributed by atoms with E-state index in [9.17, 15) is 5.21 Å². The highest BCUT2D eigenvalue weighted by Crippen LogP contribution is 2.54. The van der Waals surface area contributed by atoms with Crippen LogP contribution in [-0.4, -0.2) is 16.3 Å². The fourth-order valence-electron chi connectivity index (χ4n) is 2.96. The molecule has 2 nitrogen and oxygen atoms in total. The number of allylic oxidation sites excluding steroid dienone is 1. The lowest BCUT2D eigenvalue weighted by Gasteiger charge is -2.44. The molecule has 1 heterocycles. The van der Waals surface area contributed by atoms with Gasteiger partial charge >= 0.3 is 0 Å². The lowest BCUT2D eigenvalue weighted by atomic mass is 9.82. The molecule has 1 saturated carbocycles. The first-order chi connectivity index (χ1) is 5.27. The van der Waals surface area contributed by atoms with Gasteiger partial charge in [0.05, 0.1) is 6.04 Å². The maximum atomic E-state index is 9.49. The Hall–Kier alpha value is -0.500. The van der Waals surface area contributed by atoms with Crippen LogP contribution in [0.15, 0.2) is 11.8 Å². The summed E-state index contributed by atoms with van der Waals surface area (Å²) in [4.78, 5) is 0. The van der Waals surface area contributed by atoms with Crippen LogP contribution in [0, 0.1) is 17.8 Å². The van der Waals surface area contributed by atoms with Gasteiger partial charge in [-0.2, -0.15) is 0 Å². The number of fused-ring (bicyclic) bond motifs is 1. The van der Waals surface area contributed by atoms with Gasteiger partial charge in [-0.3, -0.25) is 10.3 Å². The molecular formula is C9H13NO. The van der Waals surface area contributed by atoms with Crippen molar-refractivity contribution in [2.75, 3.05) is 0 Å². The van der Waals surface area contributed by atoms with Gasteiger partial charge in [0.2, 0.25) is 0 Å². The van der Waals surface area contributed by atoms with Crippen LogP contribution in [0.5, 0.6) is 0 Å². The minimum atomic E-state index is 0.483. The van der Waals surface area contributed by atoms with E-state index in [2.05, 4.69) is 13.0 Å². The minimum absolute atomic E-state index is 0.483. The summed E-state index contributed by atoms with van der Waals surface area (Å²) in [5.74, 6) is 2.27.